The highest BCUT2D eigenvalue weighted by molar-refractivity contribution is 8.00. The highest BCUT2D eigenvalue weighted by Gasteiger charge is 2.33. The van der Waals surface area contributed by atoms with Crippen molar-refractivity contribution in [2.45, 2.75) is 42.5 Å². The lowest BCUT2D eigenvalue weighted by Gasteiger charge is -2.36. The fraction of sp³-hybridized carbons (Fsp3) is 0.600. The molecule has 0 radical (unpaired) electrons. The van der Waals surface area contributed by atoms with Gasteiger partial charge in [0.05, 0.1) is 6.61 Å². The lowest BCUT2D eigenvalue weighted by Crippen LogP contribution is -2.35. The van der Waals surface area contributed by atoms with Gasteiger partial charge in [-0.2, -0.15) is 13.2 Å². The smallest absolute Gasteiger partial charge is 0.396 e. The highest BCUT2D eigenvalue weighted by atomic mass is 32.2. The molecule has 1 aliphatic rings. The Morgan fingerprint density at radius 2 is 1.81 bits per heavy atom. The SMILES string of the molecule is OCC1(CNc2ccccc2SC(F)(F)F)CCCCC1. The second-order valence-electron chi connectivity index (χ2n) is 5.62. The molecule has 0 unspecified atom stereocenters. The standard InChI is InChI=1S/C15H20F3NOS/c16-15(17,18)21-13-7-3-2-6-12(13)19-10-14(11-20)8-4-1-5-9-14/h2-3,6-7,19-20H,1,4-5,8-11H2. The van der Waals surface area contributed by atoms with Crippen molar-refractivity contribution >= 4 is 17.4 Å². The second kappa shape index (κ2) is 6.92. The molecule has 2 nitrogen and oxygen atoms in total. The quantitative estimate of drug-likeness (QED) is 0.775. The molecular weight excluding hydrogens is 299 g/mol. The third-order valence-corrected chi connectivity index (χ3v) is 4.82. The van der Waals surface area contributed by atoms with Crippen molar-refractivity contribution in [1.29, 1.82) is 0 Å². The third-order valence-electron chi connectivity index (χ3n) is 4.02. The molecule has 0 spiro atoms. The monoisotopic (exact) mass is 319 g/mol. The summed E-state index contributed by atoms with van der Waals surface area (Å²) in [6, 6.07) is 6.44. The summed E-state index contributed by atoms with van der Waals surface area (Å²) in [4.78, 5) is 0.175. The van der Waals surface area contributed by atoms with E-state index in [1.807, 2.05) is 0 Å². The van der Waals surface area contributed by atoms with Gasteiger partial charge in [-0.25, -0.2) is 0 Å². The number of hydrogen-bond donors (Lipinski definition) is 2. The molecule has 2 N–H and O–H groups in total. The molecule has 0 saturated heterocycles. The number of aliphatic hydroxyl groups excluding tert-OH is 1. The number of halogens is 3. The zero-order valence-corrected chi connectivity index (χ0v) is 12.6. The number of aliphatic hydroxyl groups is 1. The van der Waals surface area contributed by atoms with E-state index >= 15 is 0 Å². The molecule has 1 saturated carbocycles. The van der Waals surface area contributed by atoms with E-state index in [1.165, 1.54) is 12.5 Å². The Labute approximate surface area is 127 Å². The van der Waals surface area contributed by atoms with Crippen LogP contribution in [0.15, 0.2) is 29.2 Å². The molecule has 118 valence electrons. The number of hydrogen-bond acceptors (Lipinski definition) is 3. The molecule has 0 heterocycles. The van der Waals surface area contributed by atoms with Gasteiger partial charge in [-0.1, -0.05) is 31.4 Å². The first kappa shape index (κ1) is 16.5. The van der Waals surface area contributed by atoms with Crippen LogP contribution >= 0.6 is 11.8 Å². The molecular formula is C15H20F3NOS. The third kappa shape index (κ3) is 4.81. The van der Waals surface area contributed by atoms with Crippen LogP contribution in [0.1, 0.15) is 32.1 Å². The van der Waals surface area contributed by atoms with Gasteiger partial charge in [-0.3, -0.25) is 0 Å². The summed E-state index contributed by atoms with van der Waals surface area (Å²) < 4.78 is 37.7. The molecule has 1 aromatic rings. The lowest BCUT2D eigenvalue weighted by atomic mass is 9.74. The molecule has 0 amide bonds. The van der Waals surface area contributed by atoms with Crippen LogP contribution in [0.25, 0.3) is 0 Å². The van der Waals surface area contributed by atoms with E-state index in [1.54, 1.807) is 18.2 Å². The maximum atomic E-state index is 12.6. The second-order valence-corrected chi connectivity index (χ2v) is 6.72. The zero-order chi connectivity index (χ0) is 15.3. The highest BCUT2D eigenvalue weighted by Crippen LogP contribution is 2.41. The average Bonchev–Trinajstić information content (AvgIpc) is 2.46. The van der Waals surface area contributed by atoms with Crippen LogP contribution in [0.4, 0.5) is 18.9 Å². The Kier molecular flexibility index (Phi) is 5.43. The molecule has 1 aromatic carbocycles. The Morgan fingerprint density at radius 1 is 1.14 bits per heavy atom. The Bertz CT molecular complexity index is 458. The number of anilines is 1. The van der Waals surface area contributed by atoms with Gasteiger partial charge in [0.25, 0.3) is 0 Å². The first-order valence-corrected chi connectivity index (χ1v) is 7.95. The molecule has 1 aliphatic carbocycles. The van der Waals surface area contributed by atoms with E-state index in [9.17, 15) is 18.3 Å². The first-order chi connectivity index (χ1) is 9.94. The van der Waals surface area contributed by atoms with E-state index < -0.39 is 5.51 Å². The Morgan fingerprint density at radius 3 is 2.43 bits per heavy atom. The Balaban J connectivity index is 2.05. The maximum absolute atomic E-state index is 12.6. The number of benzene rings is 1. The van der Waals surface area contributed by atoms with Gasteiger partial charge in [0.1, 0.15) is 0 Å². The van der Waals surface area contributed by atoms with Gasteiger partial charge in [0.2, 0.25) is 0 Å². The number of nitrogens with one attached hydrogen (secondary N) is 1. The van der Waals surface area contributed by atoms with E-state index in [2.05, 4.69) is 5.32 Å². The molecule has 2 rings (SSSR count). The minimum absolute atomic E-state index is 0.0780. The summed E-state index contributed by atoms with van der Waals surface area (Å²) in [6.07, 6.45) is 5.15. The van der Waals surface area contributed by atoms with E-state index in [4.69, 9.17) is 0 Å². The van der Waals surface area contributed by atoms with E-state index in [-0.39, 0.29) is 28.7 Å². The Hall–Kier alpha value is -0.880. The fourth-order valence-corrected chi connectivity index (χ4v) is 3.45. The summed E-state index contributed by atoms with van der Waals surface area (Å²) in [7, 11) is 0. The molecule has 0 bridgehead atoms. The topological polar surface area (TPSA) is 32.3 Å². The molecule has 21 heavy (non-hydrogen) atoms. The zero-order valence-electron chi connectivity index (χ0n) is 11.7. The number of thioether (sulfide) groups is 1. The van der Waals surface area contributed by atoms with Gasteiger partial charge < -0.3 is 10.4 Å². The van der Waals surface area contributed by atoms with Crippen LogP contribution in [0.2, 0.25) is 0 Å². The van der Waals surface area contributed by atoms with Crippen LogP contribution in [0, 0.1) is 5.41 Å². The van der Waals surface area contributed by atoms with E-state index in [0.717, 1.165) is 25.7 Å². The van der Waals surface area contributed by atoms with E-state index in [0.29, 0.717) is 12.2 Å². The van der Waals surface area contributed by atoms with Crippen LogP contribution < -0.4 is 5.32 Å². The molecule has 0 aromatic heterocycles. The van der Waals surface area contributed by atoms with Crippen molar-refractivity contribution in [3.05, 3.63) is 24.3 Å². The normalized spacial score (nSPS) is 18.5. The lowest BCUT2D eigenvalue weighted by molar-refractivity contribution is -0.0327. The summed E-state index contributed by atoms with van der Waals surface area (Å²) in [6.45, 7) is 0.591. The molecule has 6 heteroatoms. The number of rotatable bonds is 5. The van der Waals surface area contributed by atoms with Crippen LogP contribution in [0.3, 0.4) is 0 Å². The summed E-state index contributed by atoms with van der Waals surface area (Å²) in [5, 5.41) is 12.8. The molecule has 0 atom stereocenters. The minimum Gasteiger partial charge on any atom is -0.396 e. The van der Waals surface area contributed by atoms with Crippen molar-refractivity contribution < 1.29 is 18.3 Å². The number of alkyl halides is 3. The van der Waals surface area contributed by atoms with Crippen LogP contribution in [0.5, 0.6) is 0 Å². The average molecular weight is 319 g/mol. The van der Waals surface area contributed by atoms with Crippen molar-refractivity contribution in [2.75, 3.05) is 18.5 Å². The number of para-hydroxylation sites is 1. The molecule has 1 fully saturated rings. The van der Waals surface area contributed by atoms with Crippen molar-refractivity contribution in [1.82, 2.24) is 0 Å². The van der Waals surface area contributed by atoms with Crippen molar-refractivity contribution in [3.63, 3.8) is 0 Å². The van der Waals surface area contributed by atoms with Crippen LogP contribution in [-0.2, 0) is 0 Å². The first-order valence-electron chi connectivity index (χ1n) is 7.14. The van der Waals surface area contributed by atoms with Gasteiger partial charge in [0.15, 0.2) is 0 Å². The van der Waals surface area contributed by atoms with Gasteiger partial charge in [0, 0.05) is 22.5 Å². The van der Waals surface area contributed by atoms with Crippen molar-refractivity contribution in [3.8, 4) is 0 Å². The van der Waals surface area contributed by atoms with Crippen LogP contribution in [-0.4, -0.2) is 23.8 Å². The fourth-order valence-electron chi connectivity index (χ4n) is 2.80. The summed E-state index contributed by atoms with van der Waals surface area (Å²) in [5.41, 5.74) is -4.01. The summed E-state index contributed by atoms with van der Waals surface area (Å²) >= 11 is -0.105. The predicted molar refractivity (Wildman–Crippen MR) is 79.4 cm³/mol. The molecule has 0 aliphatic heterocycles. The van der Waals surface area contributed by atoms with Gasteiger partial charge in [-0.05, 0) is 36.7 Å². The minimum atomic E-state index is -4.29. The van der Waals surface area contributed by atoms with Crippen molar-refractivity contribution in [2.24, 2.45) is 5.41 Å². The largest absolute Gasteiger partial charge is 0.446 e. The summed E-state index contributed by atoms with van der Waals surface area (Å²) in [5.74, 6) is 0. The maximum Gasteiger partial charge on any atom is 0.446 e. The van der Waals surface area contributed by atoms with Gasteiger partial charge >= 0.3 is 5.51 Å². The van der Waals surface area contributed by atoms with Gasteiger partial charge in [-0.15, -0.1) is 0 Å². The predicted octanol–water partition coefficient (Wildman–Crippen LogP) is 4.65.